The fraction of sp³-hybridized carbons (Fsp3) is 0.533. The predicted molar refractivity (Wildman–Crippen MR) is 78.8 cm³/mol. The molecule has 1 fully saturated rings. The smallest absolute Gasteiger partial charge is 0.340 e. The van der Waals surface area contributed by atoms with E-state index in [1.54, 1.807) is 13.0 Å². The van der Waals surface area contributed by atoms with Crippen LogP contribution in [-0.2, 0) is 14.3 Å². The molecule has 5 heteroatoms. The number of carbonyl (C=O) groups excluding carboxylic acids is 1. The van der Waals surface area contributed by atoms with E-state index in [2.05, 4.69) is 15.9 Å². The highest BCUT2D eigenvalue weighted by atomic mass is 79.9. The number of hydrogen-bond donors (Lipinski definition) is 0. The minimum absolute atomic E-state index is 0.0995. The number of para-hydroxylation sites is 1. The van der Waals surface area contributed by atoms with Crippen molar-refractivity contribution < 1.29 is 19.0 Å². The molecule has 1 heterocycles. The van der Waals surface area contributed by atoms with Crippen molar-refractivity contribution in [3.63, 3.8) is 0 Å². The molecular formula is C15H19BrO4. The van der Waals surface area contributed by atoms with E-state index in [1.165, 1.54) is 0 Å². The first-order valence-electron chi connectivity index (χ1n) is 6.86. The number of esters is 1. The first kappa shape index (κ1) is 15.5. The molecule has 0 aromatic heterocycles. The molecule has 2 atom stereocenters. The van der Waals surface area contributed by atoms with Gasteiger partial charge >= 0.3 is 5.97 Å². The summed E-state index contributed by atoms with van der Waals surface area (Å²) in [4.78, 5) is 11.9. The van der Waals surface area contributed by atoms with Gasteiger partial charge in [-0.05, 0) is 54.2 Å². The topological polar surface area (TPSA) is 44.8 Å². The van der Waals surface area contributed by atoms with E-state index in [-0.39, 0.29) is 6.10 Å². The van der Waals surface area contributed by atoms with Crippen LogP contribution < -0.4 is 4.74 Å². The van der Waals surface area contributed by atoms with Gasteiger partial charge in [0.2, 0.25) is 0 Å². The lowest BCUT2D eigenvalue weighted by Crippen LogP contribution is -2.31. The quantitative estimate of drug-likeness (QED) is 0.608. The van der Waals surface area contributed by atoms with Gasteiger partial charge in [-0.2, -0.15) is 0 Å². The Hall–Kier alpha value is -0.910. The van der Waals surface area contributed by atoms with Gasteiger partial charge in [0.05, 0.1) is 17.2 Å². The molecule has 2 rings (SSSR count). The van der Waals surface area contributed by atoms with Crippen LogP contribution in [0.25, 0.3) is 0 Å². The van der Waals surface area contributed by atoms with Crippen LogP contribution in [0, 0.1) is 0 Å². The summed E-state index contributed by atoms with van der Waals surface area (Å²) in [6.07, 6.45) is 2.75. The van der Waals surface area contributed by atoms with Crippen molar-refractivity contribution >= 4 is 21.9 Å². The Morgan fingerprint density at radius 2 is 2.25 bits per heavy atom. The van der Waals surface area contributed by atoms with E-state index in [4.69, 9.17) is 14.2 Å². The largest absolute Gasteiger partial charge is 0.423 e. The zero-order valence-electron chi connectivity index (χ0n) is 11.5. The van der Waals surface area contributed by atoms with Crippen molar-refractivity contribution in [2.24, 2.45) is 0 Å². The van der Waals surface area contributed by atoms with Gasteiger partial charge in [-0.1, -0.05) is 12.1 Å². The lowest BCUT2D eigenvalue weighted by atomic mass is 10.1. The molecule has 0 aliphatic carbocycles. The van der Waals surface area contributed by atoms with Crippen molar-refractivity contribution in [2.45, 2.75) is 38.4 Å². The average molecular weight is 343 g/mol. The summed E-state index contributed by atoms with van der Waals surface area (Å²) in [5, 5.41) is 0. The van der Waals surface area contributed by atoms with Gasteiger partial charge in [-0.15, -0.1) is 0 Å². The van der Waals surface area contributed by atoms with Gasteiger partial charge in [-0.3, -0.25) is 0 Å². The summed E-state index contributed by atoms with van der Waals surface area (Å²) >= 11 is 3.34. The monoisotopic (exact) mass is 342 g/mol. The molecule has 1 aliphatic rings. The molecule has 0 N–H and O–H groups in total. The predicted octanol–water partition coefficient (Wildman–Crippen LogP) is 3.33. The van der Waals surface area contributed by atoms with Crippen LogP contribution in [-0.4, -0.2) is 31.4 Å². The highest BCUT2D eigenvalue weighted by Gasteiger charge is 2.20. The summed E-state index contributed by atoms with van der Waals surface area (Å²) in [6, 6.07) is 7.24. The molecular weight excluding hydrogens is 324 g/mol. The molecule has 2 unspecified atom stereocenters. The molecule has 1 aliphatic heterocycles. The Balaban J connectivity index is 1.78. The molecule has 1 aromatic carbocycles. The second-order valence-corrected chi connectivity index (χ2v) is 5.67. The molecule has 1 saturated heterocycles. The summed E-state index contributed by atoms with van der Waals surface area (Å²) in [5.74, 6) is 0.106. The normalized spacial score (nSPS) is 20.4. The van der Waals surface area contributed by atoms with E-state index in [0.29, 0.717) is 12.4 Å². The van der Waals surface area contributed by atoms with Crippen molar-refractivity contribution in [3.8, 4) is 5.75 Å². The minimum Gasteiger partial charge on any atom is -0.423 e. The van der Waals surface area contributed by atoms with Gasteiger partial charge < -0.3 is 14.2 Å². The molecule has 1 aromatic rings. The Labute approximate surface area is 127 Å². The highest BCUT2D eigenvalue weighted by molar-refractivity contribution is 9.10. The molecule has 0 spiro atoms. The van der Waals surface area contributed by atoms with E-state index in [9.17, 15) is 4.79 Å². The van der Waals surface area contributed by atoms with E-state index >= 15 is 0 Å². The maximum atomic E-state index is 11.9. The van der Waals surface area contributed by atoms with Gasteiger partial charge in [0.25, 0.3) is 0 Å². The Morgan fingerprint density at radius 1 is 1.45 bits per heavy atom. The lowest BCUT2D eigenvalue weighted by Gasteiger charge is -2.23. The fourth-order valence-electron chi connectivity index (χ4n) is 1.98. The first-order valence-corrected chi connectivity index (χ1v) is 7.65. The number of carbonyl (C=O) groups is 1. The lowest BCUT2D eigenvalue weighted by molar-refractivity contribution is -0.149. The molecule has 20 heavy (non-hydrogen) atoms. The molecule has 110 valence electrons. The fourth-order valence-corrected chi connectivity index (χ4v) is 2.34. The Bertz CT molecular complexity index is 443. The van der Waals surface area contributed by atoms with Crippen LogP contribution in [0.5, 0.6) is 5.75 Å². The van der Waals surface area contributed by atoms with Crippen LogP contribution >= 0.6 is 15.9 Å². The van der Waals surface area contributed by atoms with Crippen molar-refractivity contribution in [3.05, 3.63) is 28.7 Å². The molecule has 4 nitrogen and oxygen atoms in total. The molecule has 0 saturated carbocycles. The third-order valence-corrected chi connectivity index (χ3v) is 3.84. The number of halogens is 1. The first-order chi connectivity index (χ1) is 9.66. The van der Waals surface area contributed by atoms with Crippen LogP contribution in [0.15, 0.2) is 28.7 Å². The maximum Gasteiger partial charge on any atom is 0.340 e. The standard InChI is InChI=1S/C15H19BrO4/c1-11(19-10-12-6-4-5-9-18-12)15(17)20-14-8-3-2-7-13(14)16/h2-3,7-8,11-12H,4-6,9-10H2,1H3. The molecule has 0 bridgehead atoms. The van der Waals surface area contributed by atoms with Gasteiger partial charge in [0.1, 0.15) is 5.75 Å². The number of rotatable bonds is 5. The number of ether oxygens (including phenoxy) is 3. The third kappa shape index (κ3) is 4.58. The minimum atomic E-state index is -0.604. The van der Waals surface area contributed by atoms with E-state index < -0.39 is 12.1 Å². The second kappa shape index (κ2) is 7.76. The number of hydrogen-bond acceptors (Lipinski definition) is 4. The third-order valence-electron chi connectivity index (χ3n) is 3.19. The zero-order chi connectivity index (χ0) is 14.4. The molecule has 0 radical (unpaired) electrons. The molecule has 0 amide bonds. The van der Waals surface area contributed by atoms with Crippen molar-refractivity contribution in [1.82, 2.24) is 0 Å². The van der Waals surface area contributed by atoms with Crippen LogP contribution in [0.4, 0.5) is 0 Å². The van der Waals surface area contributed by atoms with Crippen LogP contribution in [0.3, 0.4) is 0 Å². The van der Waals surface area contributed by atoms with Crippen molar-refractivity contribution in [1.29, 1.82) is 0 Å². The van der Waals surface area contributed by atoms with Gasteiger partial charge in [0.15, 0.2) is 6.10 Å². The van der Waals surface area contributed by atoms with Gasteiger partial charge in [0, 0.05) is 6.61 Å². The summed E-state index contributed by atoms with van der Waals surface area (Å²) in [7, 11) is 0. The van der Waals surface area contributed by atoms with Crippen LogP contribution in [0.2, 0.25) is 0 Å². The van der Waals surface area contributed by atoms with Crippen molar-refractivity contribution in [2.75, 3.05) is 13.2 Å². The van der Waals surface area contributed by atoms with Crippen LogP contribution in [0.1, 0.15) is 26.2 Å². The van der Waals surface area contributed by atoms with Gasteiger partial charge in [-0.25, -0.2) is 4.79 Å². The second-order valence-electron chi connectivity index (χ2n) is 4.82. The highest BCUT2D eigenvalue weighted by Crippen LogP contribution is 2.24. The maximum absolute atomic E-state index is 11.9. The van der Waals surface area contributed by atoms with E-state index in [1.807, 2.05) is 18.2 Å². The Kier molecular flexibility index (Phi) is 6.01. The zero-order valence-corrected chi connectivity index (χ0v) is 13.1. The SMILES string of the molecule is CC(OCC1CCCCO1)C(=O)Oc1ccccc1Br. The summed E-state index contributed by atoms with van der Waals surface area (Å²) < 4.78 is 17.1. The summed E-state index contributed by atoms with van der Waals surface area (Å²) in [5.41, 5.74) is 0. The van der Waals surface area contributed by atoms with E-state index in [0.717, 1.165) is 30.3 Å². The number of benzene rings is 1. The Morgan fingerprint density at radius 3 is 2.95 bits per heavy atom. The summed E-state index contributed by atoms with van der Waals surface area (Å²) in [6.45, 7) is 2.91. The average Bonchev–Trinajstić information content (AvgIpc) is 2.48.